The van der Waals surface area contributed by atoms with Crippen molar-refractivity contribution in [1.82, 2.24) is 10.2 Å². The number of amides is 2. The molecule has 0 aliphatic rings. The molecule has 0 aliphatic heterocycles. The maximum absolute atomic E-state index is 13.2. The minimum Gasteiger partial charge on any atom is -0.483 e. The van der Waals surface area contributed by atoms with E-state index in [1.165, 1.54) is 5.56 Å². The Kier molecular flexibility index (Phi) is 10.2. The molecule has 1 unspecified atom stereocenters. The predicted octanol–water partition coefficient (Wildman–Crippen LogP) is 5.33. The molecular weight excluding hydrogens is 468 g/mol. The van der Waals surface area contributed by atoms with Gasteiger partial charge in [-0.15, -0.1) is 0 Å². The zero-order valence-corrected chi connectivity index (χ0v) is 21.3. The third-order valence-corrected chi connectivity index (χ3v) is 5.89. The Bertz CT molecular complexity index is 884. The minimum absolute atomic E-state index is 0.00861. The van der Waals surface area contributed by atoms with E-state index in [4.69, 9.17) is 4.74 Å². The largest absolute Gasteiger partial charge is 0.483 e. The molecule has 5 nitrogen and oxygen atoms in total. The van der Waals surface area contributed by atoms with Gasteiger partial charge in [0, 0.05) is 12.6 Å². The minimum atomic E-state index is -0.538. The maximum atomic E-state index is 13.2. The van der Waals surface area contributed by atoms with E-state index >= 15 is 0 Å². The first-order valence-electron chi connectivity index (χ1n) is 11.3. The van der Waals surface area contributed by atoms with Crippen molar-refractivity contribution in [3.8, 4) is 5.75 Å². The molecule has 2 amide bonds. The van der Waals surface area contributed by atoms with Gasteiger partial charge < -0.3 is 15.0 Å². The van der Waals surface area contributed by atoms with E-state index in [0.717, 1.165) is 10.0 Å². The summed E-state index contributed by atoms with van der Waals surface area (Å²) in [7, 11) is 0. The number of carbonyl (C=O) groups excluding carboxylic acids is 2. The molecule has 0 heterocycles. The molecule has 0 bridgehead atoms. The highest BCUT2D eigenvalue weighted by Gasteiger charge is 2.29. The van der Waals surface area contributed by atoms with Crippen LogP contribution in [0, 0.1) is 0 Å². The summed E-state index contributed by atoms with van der Waals surface area (Å²) in [5.74, 6) is 0.684. The second kappa shape index (κ2) is 12.6. The molecule has 1 atom stereocenters. The summed E-state index contributed by atoms with van der Waals surface area (Å²) in [6, 6.07) is 15.4. The average Bonchev–Trinajstić information content (AvgIpc) is 2.75. The fourth-order valence-electron chi connectivity index (χ4n) is 3.49. The van der Waals surface area contributed by atoms with E-state index in [1.807, 2.05) is 69.3 Å². The lowest BCUT2D eigenvalue weighted by molar-refractivity contribution is -0.142. The number of hydrogen-bond acceptors (Lipinski definition) is 3. The standard InChI is InChI=1S/C26H35BrN2O3/c1-6-23(26(31)28-19(4)5)29(15-14-20-10-8-7-9-11-20)25(30)17-32-24-13-12-21(18(2)3)16-22(24)27/h7-13,16,18-19,23H,6,14-15,17H2,1-5H3,(H,28,31). The average molecular weight is 503 g/mol. The molecule has 174 valence electrons. The van der Waals surface area contributed by atoms with Crippen LogP contribution in [0.3, 0.4) is 0 Å². The van der Waals surface area contributed by atoms with Crippen LogP contribution in [0.15, 0.2) is 53.0 Å². The van der Waals surface area contributed by atoms with Gasteiger partial charge in [0.2, 0.25) is 5.91 Å². The van der Waals surface area contributed by atoms with Gasteiger partial charge in [-0.3, -0.25) is 9.59 Å². The molecular formula is C26H35BrN2O3. The van der Waals surface area contributed by atoms with Crippen LogP contribution < -0.4 is 10.1 Å². The van der Waals surface area contributed by atoms with E-state index in [-0.39, 0.29) is 24.5 Å². The summed E-state index contributed by atoms with van der Waals surface area (Å²) in [6.07, 6.45) is 1.21. The first kappa shape index (κ1) is 25.9. The van der Waals surface area contributed by atoms with Crippen molar-refractivity contribution in [3.63, 3.8) is 0 Å². The topological polar surface area (TPSA) is 58.6 Å². The van der Waals surface area contributed by atoms with Crippen LogP contribution in [0.5, 0.6) is 5.75 Å². The molecule has 2 aromatic rings. The Morgan fingerprint density at radius 2 is 1.75 bits per heavy atom. The molecule has 1 N–H and O–H groups in total. The summed E-state index contributed by atoms with van der Waals surface area (Å²) in [5, 5.41) is 2.95. The zero-order chi connectivity index (χ0) is 23.7. The molecule has 2 aromatic carbocycles. The quantitative estimate of drug-likeness (QED) is 0.451. The van der Waals surface area contributed by atoms with Gasteiger partial charge in [-0.1, -0.05) is 57.2 Å². The van der Waals surface area contributed by atoms with Crippen molar-refractivity contribution in [2.75, 3.05) is 13.2 Å². The molecule has 0 saturated carbocycles. The molecule has 32 heavy (non-hydrogen) atoms. The van der Waals surface area contributed by atoms with Gasteiger partial charge in [0.1, 0.15) is 11.8 Å². The van der Waals surface area contributed by atoms with Crippen molar-refractivity contribution in [3.05, 3.63) is 64.1 Å². The lowest BCUT2D eigenvalue weighted by Crippen LogP contribution is -2.52. The van der Waals surface area contributed by atoms with Crippen LogP contribution in [0.4, 0.5) is 0 Å². The van der Waals surface area contributed by atoms with Crippen molar-refractivity contribution in [1.29, 1.82) is 0 Å². The van der Waals surface area contributed by atoms with Gasteiger partial charge in [0.15, 0.2) is 6.61 Å². The van der Waals surface area contributed by atoms with Crippen LogP contribution in [-0.2, 0) is 16.0 Å². The molecule has 0 aliphatic carbocycles. The molecule has 0 aromatic heterocycles. The summed E-state index contributed by atoms with van der Waals surface area (Å²) >= 11 is 3.54. The van der Waals surface area contributed by atoms with Crippen molar-refractivity contribution in [2.45, 2.75) is 65.5 Å². The molecule has 0 saturated heterocycles. The van der Waals surface area contributed by atoms with E-state index in [0.29, 0.717) is 31.1 Å². The molecule has 6 heteroatoms. The highest BCUT2D eigenvalue weighted by molar-refractivity contribution is 9.10. The number of benzene rings is 2. The number of halogens is 1. The number of nitrogens with one attached hydrogen (secondary N) is 1. The van der Waals surface area contributed by atoms with Crippen molar-refractivity contribution in [2.24, 2.45) is 0 Å². The van der Waals surface area contributed by atoms with E-state index in [2.05, 4.69) is 35.1 Å². The van der Waals surface area contributed by atoms with Gasteiger partial charge in [0.25, 0.3) is 5.91 Å². The molecule has 0 radical (unpaired) electrons. The number of ether oxygens (including phenoxy) is 1. The lowest BCUT2D eigenvalue weighted by atomic mass is 10.0. The Balaban J connectivity index is 2.15. The first-order chi connectivity index (χ1) is 15.2. The Morgan fingerprint density at radius 1 is 1.06 bits per heavy atom. The Hall–Kier alpha value is -2.34. The third-order valence-electron chi connectivity index (χ3n) is 5.27. The summed E-state index contributed by atoms with van der Waals surface area (Å²) < 4.78 is 6.67. The number of hydrogen-bond donors (Lipinski definition) is 1. The maximum Gasteiger partial charge on any atom is 0.261 e. The lowest BCUT2D eigenvalue weighted by Gasteiger charge is -2.31. The number of carbonyl (C=O) groups is 2. The van der Waals surface area contributed by atoms with Crippen molar-refractivity contribution >= 4 is 27.7 Å². The third kappa shape index (κ3) is 7.66. The van der Waals surface area contributed by atoms with Crippen LogP contribution in [0.25, 0.3) is 0 Å². The summed E-state index contributed by atoms with van der Waals surface area (Å²) in [6.45, 7) is 10.3. The van der Waals surface area contributed by atoms with Crippen LogP contribution in [-0.4, -0.2) is 41.9 Å². The number of nitrogens with zero attached hydrogens (tertiary/aromatic N) is 1. The normalized spacial score (nSPS) is 12.0. The molecule has 0 spiro atoms. The van der Waals surface area contributed by atoms with E-state index < -0.39 is 6.04 Å². The first-order valence-corrected chi connectivity index (χ1v) is 12.1. The highest BCUT2D eigenvalue weighted by atomic mass is 79.9. The highest BCUT2D eigenvalue weighted by Crippen LogP contribution is 2.29. The van der Waals surface area contributed by atoms with Gasteiger partial charge in [0.05, 0.1) is 4.47 Å². The van der Waals surface area contributed by atoms with E-state index in [9.17, 15) is 9.59 Å². The zero-order valence-electron chi connectivity index (χ0n) is 19.7. The molecule has 0 fully saturated rings. The van der Waals surface area contributed by atoms with Gasteiger partial charge in [-0.2, -0.15) is 0 Å². The van der Waals surface area contributed by atoms with E-state index in [1.54, 1.807) is 4.90 Å². The van der Waals surface area contributed by atoms with Crippen LogP contribution >= 0.6 is 15.9 Å². The van der Waals surface area contributed by atoms with Crippen LogP contribution in [0.1, 0.15) is 58.1 Å². The SMILES string of the molecule is CCC(C(=O)NC(C)C)N(CCc1ccccc1)C(=O)COc1ccc(C(C)C)cc1Br. The number of rotatable bonds is 11. The smallest absolute Gasteiger partial charge is 0.261 e. The van der Waals surface area contributed by atoms with Crippen molar-refractivity contribution < 1.29 is 14.3 Å². The fraction of sp³-hybridized carbons (Fsp3) is 0.462. The van der Waals surface area contributed by atoms with Gasteiger partial charge >= 0.3 is 0 Å². The second-order valence-electron chi connectivity index (χ2n) is 8.54. The second-order valence-corrected chi connectivity index (χ2v) is 9.40. The summed E-state index contributed by atoms with van der Waals surface area (Å²) in [4.78, 5) is 27.7. The monoisotopic (exact) mass is 502 g/mol. The van der Waals surface area contributed by atoms with Gasteiger partial charge in [-0.25, -0.2) is 0 Å². The predicted molar refractivity (Wildman–Crippen MR) is 133 cm³/mol. The van der Waals surface area contributed by atoms with Gasteiger partial charge in [-0.05, 0) is 71.8 Å². The Labute approximate surface area is 200 Å². The Morgan fingerprint density at radius 3 is 2.31 bits per heavy atom. The molecule has 2 rings (SSSR count). The fourth-order valence-corrected chi connectivity index (χ4v) is 4.00. The summed E-state index contributed by atoms with van der Waals surface area (Å²) in [5.41, 5.74) is 2.31. The van der Waals surface area contributed by atoms with Crippen LogP contribution in [0.2, 0.25) is 0 Å².